The van der Waals surface area contributed by atoms with Crippen LogP contribution in [0.5, 0.6) is 5.88 Å². The number of likely N-dealkylation sites (tertiary alicyclic amines) is 1. The predicted octanol–water partition coefficient (Wildman–Crippen LogP) is 2.00. The zero-order valence-electron chi connectivity index (χ0n) is 18.8. The van der Waals surface area contributed by atoms with Crippen molar-refractivity contribution in [2.75, 3.05) is 56.6 Å². The van der Waals surface area contributed by atoms with Gasteiger partial charge in [0.2, 0.25) is 17.7 Å². The number of hydrogen-bond donors (Lipinski definition) is 1. The molecule has 1 N–H and O–H groups in total. The van der Waals surface area contributed by atoms with Gasteiger partial charge in [0, 0.05) is 62.8 Å². The number of aromatic nitrogens is 1. The topological polar surface area (TPSA) is 95.1 Å². The van der Waals surface area contributed by atoms with Crippen LogP contribution in [0.3, 0.4) is 0 Å². The Morgan fingerprint density at radius 3 is 2.61 bits per heavy atom. The molecule has 1 aromatic carbocycles. The third kappa shape index (κ3) is 5.42. The van der Waals surface area contributed by atoms with Crippen molar-refractivity contribution in [2.24, 2.45) is 0 Å². The lowest BCUT2D eigenvalue weighted by atomic mass is 10.1. The third-order valence-electron chi connectivity index (χ3n) is 6.07. The zero-order chi connectivity index (χ0) is 23.2. The van der Waals surface area contributed by atoms with Crippen molar-refractivity contribution in [2.45, 2.75) is 19.3 Å². The van der Waals surface area contributed by atoms with Gasteiger partial charge in [-0.05, 0) is 31.0 Å². The Kier molecular flexibility index (Phi) is 7.07. The van der Waals surface area contributed by atoms with Crippen molar-refractivity contribution >= 4 is 29.1 Å². The number of carbonyl (C=O) groups excluding carboxylic acids is 3. The maximum absolute atomic E-state index is 13.0. The van der Waals surface area contributed by atoms with Gasteiger partial charge >= 0.3 is 0 Å². The van der Waals surface area contributed by atoms with Crippen LogP contribution in [0.25, 0.3) is 0 Å². The predicted molar refractivity (Wildman–Crippen MR) is 124 cm³/mol. The monoisotopic (exact) mass is 451 g/mol. The number of rotatable bonds is 6. The summed E-state index contributed by atoms with van der Waals surface area (Å²) in [5, 5.41) is 2.90. The minimum Gasteiger partial charge on any atom is -0.481 e. The number of ether oxygens (including phenoxy) is 1. The molecule has 2 saturated heterocycles. The van der Waals surface area contributed by atoms with E-state index >= 15 is 0 Å². The normalized spacial score (nSPS) is 16.5. The Morgan fingerprint density at radius 2 is 1.85 bits per heavy atom. The molecule has 2 fully saturated rings. The molecular formula is C24H29N5O4. The van der Waals surface area contributed by atoms with Crippen LogP contribution < -0.4 is 15.0 Å². The van der Waals surface area contributed by atoms with Gasteiger partial charge in [-0.2, -0.15) is 0 Å². The summed E-state index contributed by atoms with van der Waals surface area (Å²) in [5.41, 5.74) is 1.99. The van der Waals surface area contributed by atoms with E-state index in [1.807, 2.05) is 23.1 Å². The summed E-state index contributed by atoms with van der Waals surface area (Å²) in [6.45, 7) is 3.17. The van der Waals surface area contributed by atoms with E-state index in [2.05, 4.69) is 15.2 Å². The average Bonchev–Trinajstić information content (AvgIpc) is 2.85. The Bertz CT molecular complexity index is 1020. The van der Waals surface area contributed by atoms with Crippen molar-refractivity contribution in [1.29, 1.82) is 0 Å². The first kappa shape index (κ1) is 22.6. The van der Waals surface area contributed by atoms with Crippen LogP contribution in [-0.2, 0) is 9.59 Å². The summed E-state index contributed by atoms with van der Waals surface area (Å²) in [6.07, 6.45) is 3.97. The molecule has 0 radical (unpaired) electrons. The maximum Gasteiger partial charge on any atom is 0.257 e. The molecule has 0 aliphatic carbocycles. The van der Waals surface area contributed by atoms with E-state index in [4.69, 9.17) is 4.74 Å². The fraction of sp³-hybridized carbons (Fsp3) is 0.417. The van der Waals surface area contributed by atoms with Crippen LogP contribution in [0.2, 0.25) is 0 Å². The molecule has 1 aromatic heterocycles. The van der Waals surface area contributed by atoms with Gasteiger partial charge in [-0.15, -0.1) is 0 Å². The molecule has 3 amide bonds. The molecule has 3 heterocycles. The van der Waals surface area contributed by atoms with Gasteiger partial charge in [-0.25, -0.2) is 4.98 Å². The SMILES string of the molecule is COc1cc(NC(=O)c2ccccc2N2CCN(C(=O)CN3CCCCC3=O)CC2)ccn1. The molecule has 2 aromatic rings. The molecule has 0 bridgehead atoms. The fourth-order valence-electron chi connectivity index (χ4n) is 4.23. The zero-order valence-corrected chi connectivity index (χ0v) is 18.8. The Balaban J connectivity index is 1.38. The van der Waals surface area contributed by atoms with Gasteiger partial charge in [-0.3, -0.25) is 14.4 Å². The van der Waals surface area contributed by atoms with Gasteiger partial charge in [0.1, 0.15) is 0 Å². The first-order valence-electron chi connectivity index (χ1n) is 11.3. The summed E-state index contributed by atoms with van der Waals surface area (Å²) < 4.78 is 5.12. The van der Waals surface area contributed by atoms with E-state index in [-0.39, 0.29) is 24.3 Å². The standard InChI is InChI=1S/C24H29N5O4/c1-33-21-16-18(9-10-25-21)26-24(32)19-6-2-3-7-20(19)27-12-14-28(15-13-27)23(31)17-29-11-5-4-8-22(29)30/h2-3,6-7,9-10,16H,4-5,8,11-15,17H2,1H3,(H,25,26,32). The molecule has 0 spiro atoms. The van der Waals surface area contributed by atoms with Crippen LogP contribution in [-0.4, -0.2) is 78.9 Å². The summed E-state index contributed by atoms with van der Waals surface area (Å²) in [6, 6.07) is 10.8. The maximum atomic E-state index is 13.0. The Morgan fingerprint density at radius 1 is 1.06 bits per heavy atom. The number of nitrogens with zero attached hydrogens (tertiary/aromatic N) is 4. The van der Waals surface area contributed by atoms with E-state index in [0.29, 0.717) is 56.3 Å². The number of piperidine rings is 1. The molecule has 0 unspecified atom stereocenters. The van der Waals surface area contributed by atoms with Crippen LogP contribution in [0, 0.1) is 0 Å². The number of benzene rings is 1. The number of anilines is 2. The van der Waals surface area contributed by atoms with Crippen molar-refractivity contribution in [3.8, 4) is 5.88 Å². The van der Waals surface area contributed by atoms with Gasteiger partial charge in [0.05, 0.1) is 19.2 Å². The summed E-state index contributed by atoms with van der Waals surface area (Å²) in [4.78, 5) is 47.4. The highest BCUT2D eigenvalue weighted by atomic mass is 16.5. The number of nitrogens with one attached hydrogen (secondary N) is 1. The first-order chi connectivity index (χ1) is 16.0. The molecule has 9 nitrogen and oxygen atoms in total. The first-order valence-corrected chi connectivity index (χ1v) is 11.3. The Labute approximate surface area is 193 Å². The molecule has 4 rings (SSSR count). The highest BCUT2D eigenvalue weighted by Gasteiger charge is 2.27. The summed E-state index contributed by atoms with van der Waals surface area (Å²) >= 11 is 0. The quantitative estimate of drug-likeness (QED) is 0.722. The number of carbonyl (C=O) groups is 3. The van der Waals surface area contributed by atoms with E-state index in [9.17, 15) is 14.4 Å². The second-order valence-electron chi connectivity index (χ2n) is 8.20. The van der Waals surface area contributed by atoms with Crippen LogP contribution in [0.15, 0.2) is 42.6 Å². The third-order valence-corrected chi connectivity index (χ3v) is 6.07. The molecule has 2 aliphatic heterocycles. The molecule has 9 heteroatoms. The molecule has 0 atom stereocenters. The van der Waals surface area contributed by atoms with E-state index in [0.717, 1.165) is 18.5 Å². The lowest BCUT2D eigenvalue weighted by molar-refractivity contribution is -0.142. The number of methoxy groups -OCH3 is 1. The molecule has 0 saturated carbocycles. The lowest BCUT2D eigenvalue weighted by Gasteiger charge is -2.38. The molecular weight excluding hydrogens is 422 g/mol. The lowest BCUT2D eigenvalue weighted by Crippen LogP contribution is -2.52. The molecule has 2 aliphatic rings. The second-order valence-corrected chi connectivity index (χ2v) is 8.20. The largest absolute Gasteiger partial charge is 0.481 e. The minimum absolute atomic E-state index is 0.0115. The Hall–Kier alpha value is -3.62. The van der Waals surface area contributed by atoms with Gasteiger partial charge < -0.3 is 24.8 Å². The fourth-order valence-corrected chi connectivity index (χ4v) is 4.23. The molecule has 174 valence electrons. The van der Waals surface area contributed by atoms with E-state index in [1.54, 1.807) is 29.3 Å². The van der Waals surface area contributed by atoms with E-state index in [1.165, 1.54) is 7.11 Å². The van der Waals surface area contributed by atoms with Gasteiger partial charge in [-0.1, -0.05) is 12.1 Å². The smallest absolute Gasteiger partial charge is 0.257 e. The van der Waals surface area contributed by atoms with Crippen LogP contribution in [0.4, 0.5) is 11.4 Å². The van der Waals surface area contributed by atoms with Crippen LogP contribution >= 0.6 is 0 Å². The highest BCUT2D eigenvalue weighted by Crippen LogP contribution is 2.24. The number of amides is 3. The van der Waals surface area contributed by atoms with Crippen molar-refractivity contribution < 1.29 is 19.1 Å². The average molecular weight is 452 g/mol. The number of para-hydroxylation sites is 1. The van der Waals surface area contributed by atoms with Crippen molar-refractivity contribution in [3.05, 3.63) is 48.2 Å². The number of piperazine rings is 1. The van der Waals surface area contributed by atoms with Gasteiger partial charge in [0.15, 0.2) is 0 Å². The summed E-state index contributed by atoms with van der Waals surface area (Å²) in [5.74, 6) is 0.261. The number of pyridine rings is 1. The number of hydrogen-bond acceptors (Lipinski definition) is 6. The summed E-state index contributed by atoms with van der Waals surface area (Å²) in [7, 11) is 1.53. The van der Waals surface area contributed by atoms with Gasteiger partial charge in [0.25, 0.3) is 5.91 Å². The highest BCUT2D eigenvalue weighted by molar-refractivity contribution is 6.08. The second kappa shape index (κ2) is 10.3. The molecule has 33 heavy (non-hydrogen) atoms. The van der Waals surface area contributed by atoms with Crippen molar-refractivity contribution in [1.82, 2.24) is 14.8 Å². The van der Waals surface area contributed by atoms with Crippen LogP contribution in [0.1, 0.15) is 29.6 Å². The van der Waals surface area contributed by atoms with E-state index < -0.39 is 0 Å². The van der Waals surface area contributed by atoms with Crippen molar-refractivity contribution in [3.63, 3.8) is 0 Å². The minimum atomic E-state index is -0.221.